The third-order valence-corrected chi connectivity index (χ3v) is 3.68. The summed E-state index contributed by atoms with van der Waals surface area (Å²) < 4.78 is 0. The molecule has 17 heavy (non-hydrogen) atoms. The second-order valence-corrected chi connectivity index (χ2v) is 5.27. The van der Waals surface area contributed by atoms with Gasteiger partial charge in [-0.2, -0.15) is 0 Å². The van der Waals surface area contributed by atoms with Crippen LogP contribution in [0.25, 0.3) is 0 Å². The molecule has 1 aromatic rings. The molecule has 1 fully saturated rings. The van der Waals surface area contributed by atoms with Crippen LogP contribution in [0.4, 0.5) is 0 Å². The van der Waals surface area contributed by atoms with Crippen LogP contribution in [0.3, 0.4) is 0 Å². The average molecular weight is 233 g/mol. The van der Waals surface area contributed by atoms with E-state index in [1.807, 2.05) is 0 Å². The minimum Gasteiger partial charge on any atom is -0.396 e. The summed E-state index contributed by atoms with van der Waals surface area (Å²) in [5.74, 6) is 0.799. The first kappa shape index (κ1) is 12.6. The molecule has 0 bridgehead atoms. The molecular formula is C15H23NO. The molecule has 1 aliphatic carbocycles. The number of hydrogen-bond acceptors (Lipinski definition) is 2. The molecule has 2 heteroatoms. The lowest BCUT2D eigenvalue weighted by Crippen LogP contribution is -2.31. The topological polar surface area (TPSA) is 32.3 Å². The SMILES string of the molecule is Cc1ccc(CNC(CCO)C2CC2)c(C)c1. The predicted molar refractivity (Wildman–Crippen MR) is 71.0 cm³/mol. The Morgan fingerprint density at radius 1 is 1.35 bits per heavy atom. The highest BCUT2D eigenvalue weighted by molar-refractivity contribution is 5.30. The van der Waals surface area contributed by atoms with Gasteiger partial charge in [0.25, 0.3) is 0 Å². The molecule has 94 valence electrons. The first-order chi connectivity index (χ1) is 8.20. The number of benzene rings is 1. The highest BCUT2D eigenvalue weighted by Crippen LogP contribution is 2.34. The summed E-state index contributed by atoms with van der Waals surface area (Å²) in [7, 11) is 0. The lowest BCUT2D eigenvalue weighted by Gasteiger charge is -2.18. The summed E-state index contributed by atoms with van der Waals surface area (Å²) in [5, 5.41) is 12.7. The number of hydrogen-bond donors (Lipinski definition) is 2. The summed E-state index contributed by atoms with van der Waals surface area (Å²) in [4.78, 5) is 0. The molecule has 0 radical (unpaired) electrons. The van der Waals surface area contributed by atoms with Gasteiger partial charge in [-0.15, -0.1) is 0 Å². The van der Waals surface area contributed by atoms with E-state index in [0.717, 1.165) is 18.9 Å². The van der Waals surface area contributed by atoms with Crippen molar-refractivity contribution in [2.75, 3.05) is 6.61 Å². The van der Waals surface area contributed by atoms with Crippen molar-refractivity contribution in [1.29, 1.82) is 0 Å². The maximum Gasteiger partial charge on any atom is 0.0445 e. The van der Waals surface area contributed by atoms with Crippen LogP contribution in [-0.2, 0) is 6.54 Å². The minimum absolute atomic E-state index is 0.293. The van der Waals surface area contributed by atoms with E-state index in [0.29, 0.717) is 12.6 Å². The van der Waals surface area contributed by atoms with Gasteiger partial charge in [-0.05, 0) is 50.2 Å². The fourth-order valence-corrected chi connectivity index (χ4v) is 2.43. The van der Waals surface area contributed by atoms with Crippen molar-refractivity contribution < 1.29 is 5.11 Å². The molecule has 0 aromatic heterocycles. The van der Waals surface area contributed by atoms with Crippen molar-refractivity contribution in [2.24, 2.45) is 5.92 Å². The van der Waals surface area contributed by atoms with Crippen molar-refractivity contribution in [3.8, 4) is 0 Å². The molecule has 2 nitrogen and oxygen atoms in total. The van der Waals surface area contributed by atoms with Gasteiger partial charge in [0, 0.05) is 19.2 Å². The fraction of sp³-hybridized carbons (Fsp3) is 0.600. The van der Waals surface area contributed by atoms with E-state index in [1.165, 1.54) is 29.5 Å². The Kier molecular flexibility index (Phi) is 4.19. The largest absolute Gasteiger partial charge is 0.396 e. The smallest absolute Gasteiger partial charge is 0.0445 e. The highest BCUT2D eigenvalue weighted by Gasteiger charge is 2.30. The van der Waals surface area contributed by atoms with Gasteiger partial charge < -0.3 is 10.4 Å². The van der Waals surface area contributed by atoms with Crippen molar-refractivity contribution in [2.45, 2.75) is 45.7 Å². The normalized spacial score (nSPS) is 17.1. The van der Waals surface area contributed by atoms with E-state index in [2.05, 4.69) is 37.4 Å². The first-order valence-corrected chi connectivity index (χ1v) is 6.61. The molecule has 1 aromatic carbocycles. The second-order valence-electron chi connectivity index (χ2n) is 5.27. The van der Waals surface area contributed by atoms with Crippen LogP contribution < -0.4 is 5.32 Å². The highest BCUT2D eigenvalue weighted by atomic mass is 16.3. The number of aryl methyl sites for hydroxylation is 2. The number of aliphatic hydroxyl groups is 1. The molecule has 2 rings (SSSR count). The number of nitrogens with one attached hydrogen (secondary N) is 1. The summed E-state index contributed by atoms with van der Waals surface area (Å²) in [5.41, 5.74) is 4.05. The Morgan fingerprint density at radius 2 is 2.12 bits per heavy atom. The molecule has 0 aliphatic heterocycles. The van der Waals surface area contributed by atoms with Crippen LogP contribution in [-0.4, -0.2) is 17.8 Å². The summed E-state index contributed by atoms with van der Waals surface area (Å²) in [6, 6.07) is 7.11. The van der Waals surface area contributed by atoms with Crippen LogP contribution in [0.2, 0.25) is 0 Å². The van der Waals surface area contributed by atoms with E-state index >= 15 is 0 Å². The summed E-state index contributed by atoms with van der Waals surface area (Å²) in [6.45, 7) is 5.51. The third kappa shape index (κ3) is 3.55. The maximum absolute atomic E-state index is 9.06. The average Bonchev–Trinajstić information content (AvgIpc) is 3.10. The van der Waals surface area contributed by atoms with Crippen molar-refractivity contribution in [3.63, 3.8) is 0 Å². The van der Waals surface area contributed by atoms with Crippen LogP contribution in [0.1, 0.15) is 36.0 Å². The van der Waals surface area contributed by atoms with Crippen molar-refractivity contribution in [1.82, 2.24) is 5.32 Å². The molecule has 1 saturated carbocycles. The van der Waals surface area contributed by atoms with E-state index in [9.17, 15) is 0 Å². The molecular weight excluding hydrogens is 210 g/mol. The van der Waals surface area contributed by atoms with Gasteiger partial charge in [-0.25, -0.2) is 0 Å². The van der Waals surface area contributed by atoms with Crippen LogP contribution in [0.5, 0.6) is 0 Å². The minimum atomic E-state index is 0.293. The Bertz CT molecular complexity index is 371. The van der Waals surface area contributed by atoms with E-state index < -0.39 is 0 Å². The van der Waals surface area contributed by atoms with E-state index in [1.54, 1.807) is 0 Å². The zero-order chi connectivity index (χ0) is 12.3. The zero-order valence-electron chi connectivity index (χ0n) is 10.9. The summed E-state index contributed by atoms with van der Waals surface area (Å²) >= 11 is 0. The Labute approximate surface area is 104 Å². The quantitative estimate of drug-likeness (QED) is 0.791. The monoisotopic (exact) mass is 233 g/mol. The Morgan fingerprint density at radius 3 is 2.71 bits per heavy atom. The van der Waals surface area contributed by atoms with Gasteiger partial charge in [0.15, 0.2) is 0 Å². The fourth-order valence-electron chi connectivity index (χ4n) is 2.43. The molecule has 0 saturated heterocycles. The lowest BCUT2D eigenvalue weighted by molar-refractivity contribution is 0.255. The van der Waals surface area contributed by atoms with Crippen LogP contribution in [0, 0.1) is 19.8 Å². The third-order valence-electron chi connectivity index (χ3n) is 3.68. The zero-order valence-corrected chi connectivity index (χ0v) is 10.9. The molecule has 1 atom stereocenters. The van der Waals surface area contributed by atoms with E-state index in [-0.39, 0.29) is 0 Å². The summed E-state index contributed by atoms with van der Waals surface area (Å²) in [6.07, 6.45) is 3.53. The van der Waals surface area contributed by atoms with Gasteiger partial charge in [-0.3, -0.25) is 0 Å². The van der Waals surface area contributed by atoms with Crippen LogP contribution in [0.15, 0.2) is 18.2 Å². The van der Waals surface area contributed by atoms with Crippen LogP contribution >= 0.6 is 0 Å². The maximum atomic E-state index is 9.06. The molecule has 1 aliphatic rings. The van der Waals surface area contributed by atoms with Crippen molar-refractivity contribution in [3.05, 3.63) is 34.9 Å². The Balaban J connectivity index is 1.91. The van der Waals surface area contributed by atoms with Gasteiger partial charge in [0.2, 0.25) is 0 Å². The molecule has 0 heterocycles. The standard InChI is InChI=1S/C15H23NO/c1-11-3-4-14(12(2)9-11)10-16-15(7-8-17)13-5-6-13/h3-4,9,13,15-17H,5-8,10H2,1-2H3. The molecule has 2 N–H and O–H groups in total. The molecule has 0 amide bonds. The van der Waals surface area contributed by atoms with Gasteiger partial charge in [-0.1, -0.05) is 23.8 Å². The number of aliphatic hydroxyl groups excluding tert-OH is 1. The second kappa shape index (κ2) is 5.65. The van der Waals surface area contributed by atoms with Gasteiger partial charge in [0.05, 0.1) is 0 Å². The number of rotatable bonds is 6. The Hall–Kier alpha value is -0.860. The molecule has 0 spiro atoms. The van der Waals surface area contributed by atoms with Crippen molar-refractivity contribution >= 4 is 0 Å². The molecule has 1 unspecified atom stereocenters. The predicted octanol–water partition coefficient (Wildman–Crippen LogP) is 2.55. The lowest BCUT2D eigenvalue weighted by atomic mass is 10.0. The van der Waals surface area contributed by atoms with Gasteiger partial charge in [0.1, 0.15) is 0 Å². The first-order valence-electron chi connectivity index (χ1n) is 6.61. The van der Waals surface area contributed by atoms with Gasteiger partial charge >= 0.3 is 0 Å². The van der Waals surface area contributed by atoms with E-state index in [4.69, 9.17) is 5.11 Å².